The monoisotopic (exact) mass is 440 g/mol. The number of carbonyl (C=O) groups is 2. The van der Waals surface area contributed by atoms with Crippen molar-refractivity contribution in [3.63, 3.8) is 0 Å². The lowest BCUT2D eigenvalue weighted by Crippen LogP contribution is -2.53. The number of halogens is 1. The highest BCUT2D eigenvalue weighted by molar-refractivity contribution is 5.80. The van der Waals surface area contributed by atoms with Gasteiger partial charge in [0, 0.05) is 50.7 Å². The number of nitrogens with zero attached hydrogens (tertiary/aromatic N) is 5. The Morgan fingerprint density at radius 2 is 1.91 bits per heavy atom. The fraction of sp³-hybridized carbons (Fsp3) is 0.364. The van der Waals surface area contributed by atoms with Crippen molar-refractivity contribution in [2.45, 2.75) is 26.8 Å². The highest BCUT2D eigenvalue weighted by Crippen LogP contribution is 2.16. The van der Waals surface area contributed by atoms with Gasteiger partial charge in [-0.3, -0.25) is 4.79 Å². The molecule has 4 rings (SSSR count). The standard InChI is InChI=1S/C22H25FN6O3/c1-15-18(16(2)32-26-15)12-21(30)27-7-9-28(10-8-27)22(31)25-13-17-3-4-20(19(23)11-17)29-6-5-24-14-29/h3-6,11,14H,7-10,12-13H2,1-2H3,(H,25,31). The molecule has 0 spiro atoms. The van der Waals surface area contributed by atoms with Gasteiger partial charge in [0.15, 0.2) is 0 Å². The van der Waals surface area contributed by atoms with Crippen LogP contribution in [0.2, 0.25) is 0 Å². The molecule has 3 heterocycles. The van der Waals surface area contributed by atoms with E-state index >= 15 is 0 Å². The van der Waals surface area contributed by atoms with Gasteiger partial charge in [0.2, 0.25) is 5.91 Å². The van der Waals surface area contributed by atoms with E-state index in [9.17, 15) is 14.0 Å². The minimum Gasteiger partial charge on any atom is -0.361 e. The molecule has 0 atom stereocenters. The molecule has 32 heavy (non-hydrogen) atoms. The van der Waals surface area contributed by atoms with E-state index in [0.29, 0.717) is 43.2 Å². The molecular formula is C22H25FN6O3. The first-order valence-electron chi connectivity index (χ1n) is 10.4. The molecule has 1 fully saturated rings. The van der Waals surface area contributed by atoms with Crippen molar-refractivity contribution >= 4 is 11.9 Å². The summed E-state index contributed by atoms with van der Waals surface area (Å²) in [4.78, 5) is 32.4. The van der Waals surface area contributed by atoms with Crippen molar-refractivity contribution in [2.24, 2.45) is 0 Å². The number of nitrogens with one attached hydrogen (secondary N) is 1. The molecule has 1 N–H and O–H groups in total. The first-order valence-corrected chi connectivity index (χ1v) is 10.4. The summed E-state index contributed by atoms with van der Waals surface area (Å²) in [7, 11) is 0. The van der Waals surface area contributed by atoms with Crippen LogP contribution in [0.1, 0.15) is 22.6 Å². The van der Waals surface area contributed by atoms with Gasteiger partial charge >= 0.3 is 6.03 Å². The molecule has 1 aliphatic heterocycles. The molecule has 3 aromatic rings. The molecule has 0 saturated carbocycles. The van der Waals surface area contributed by atoms with Crippen LogP contribution in [0.4, 0.5) is 9.18 Å². The third-order valence-corrected chi connectivity index (χ3v) is 5.67. The van der Waals surface area contributed by atoms with Gasteiger partial charge in [-0.15, -0.1) is 0 Å². The van der Waals surface area contributed by atoms with Gasteiger partial charge in [0.25, 0.3) is 0 Å². The Morgan fingerprint density at radius 1 is 1.16 bits per heavy atom. The van der Waals surface area contributed by atoms with Crippen LogP contribution in [0.3, 0.4) is 0 Å². The fourth-order valence-corrected chi connectivity index (χ4v) is 3.74. The summed E-state index contributed by atoms with van der Waals surface area (Å²) in [6.07, 6.45) is 5.02. The zero-order valence-electron chi connectivity index (χ0n) is 18.0. The zero-order chi connectivity index (χ0) is 22.7. The summed E-state index contributed by atoms with van der Waals surface area (Å²) in [5.74, 6) is 0.261. The first-order chi connectivity index (χ1) is 15.4. The van der Waals surface area contributed by atoms with E-state index in [1.165, 1.54) is 12.4 Å². The molecule has 9 nitrogen and oxygen atoms in total. The van der Waals surface area contributed by atoms with E-state index in [1.807, 2.05) is 6.92 Å². The van der Waals surface area contributed by atoms with E-state index in [-0.39, 0.29) is 30.7 Å². The van der Waals surface area contributed by atoms with Crippen LogP contribution in [-0.4, -0.2) is 62.6 Å². The lowest BCUT2D eigenvalue weighted by molar-refractivity contribution is -0.131. The number of rotatable bonds is 5. The Morgan fingerprint density at radius 3 is 2.53 bits per heavy atom. The lowest BCUT2D eigenvalue weighted by Gasteiger charge is -2.34. The summed E-state index contributed by atoms with van der Waals surface area (Å²) in [5, 5.41) is 6.71. The second-order valence-corrected chi connectivity index (χ2v) is 7.76. The Kier molecular flexibility index (Phi) is 6.20. The van der Waals surface area contributed by atoms with E-state index in [4.69, 9.17) is 4.52 Å². The zero-order valence-corrected chi connectivity index (χ0v) is 18.0. The molecule has 0 bridgehead atoms. The predicted molar refractivity (Wildman–Crippen MR) is 114 cm³/mol. The van der Waals surface area contributed by atoms with Gasteiger partial charge in [0.05, 0.1) is 24.1 Å². The highest BCUT2D eigenvalue weighted by Gasteiger charge is 2.25. The fourth-order valence-electron chi connectivity index (χ4n) is 3.74. The Bertz CT molecular complexity index is 1080. The number of benzene rings is 1. The van der Waals surface area contributed by atoms with Gasteiger partial charge in [0.1, 0.15) is 11.6 Å². The molecule has 0 aliphatic carbocycles. The summed E-state index contributed by atoms with van der Waals surface area (Å²) >= 11 is 0. The van der Waals surface area contributed by atoms with Crippen LogP contribution in [0, 0.1) is 19.7 Å². The van der Waals surface area contributed by atoms with Crippen molar-refractivity contribution < 1.29 is 18.5 Å². The molecule has 0 unspecified atom stereocenters. The van der Waals surface area contributed by atoms with Crippen LogP contribution < -0.4 is 5.32 Å². The number of aromatic nitrogens is 3. The van der Waals surface area contributed by atoms with Crippen molar-refractivity contribution in [1.29, 1.82) is 0 Å². The predicted octanol–water partition coefficient (Wildman–Crippen LogP) is 2.21. The number of piperazine rings is 1. The summed E-state index contributed by atoms with van der Waals surface area (Å²) < 4.78 is 21.1. The normalized spacial score (nSPS) is 14.0. The van der Waals surface area contributed by atoms with Crippen molar-refractivity contribution in [3.05, 3.63) is 65.3 Å². The molecule has 10 heteroatoms. The van der Waals surface area contributed by atoms with E-state index in [2.05, 4.69) is 15.5 Å². The molecule has 1 aliphatic rings. The third-order valence-electron chi connectivity index (χ3n) is 5.67. The molecular weight excluding hydrogens is 415 g/mol. The van der Waals surface area contributed by atoms with Crippen LogP contribution in [0.15, 0.2) is 41.4 Å². The molecule has 1 saturated heterocycles. The molecule has 0 radical (unpaired) electrons. The maximum Gasteiger partial charge on any atom is 0.317 e. The highest BCUT2D eigenvalue weighted by atomic mass is 19.1. The van der Waals surface area contributed by atoms with E-state index in [0.717, 1.165) is 11.3 Å². The molecule has 168 valence electrons. The van der Waals surface area contributed by atoms with Crippen LogP contribution in [-0.2, 0) is 17.8 Å². The third kappa shape index (κ3) is 4.63. The summed E-state index contributed by atoms with van der Waals surface area (Å²) in [6, 6.07) is 4.59. The second-order valence-electron chi connectivity index (χ2n) is 7.76. The SMILES string of the molecule is Cc1noc(C)c1CC(=O)N1CCN(C(=O)NCc2ccc(-n3ccnc3)c(F)c2)CC1. The smallest absolute Gasteiger partial charge is 0.317 e. The minimum atomic E-state index is -0.389. The molecule has 1 aromatic carbocycles. The topological polar surface area (TPSA) is 96.5 Å². The number of hydrogen-bond acceptors (Lipinski definition) is 5. The van der Waals surface area contributed by atoms with Crippen LogP contribution >= 0.6 is 0 Å². The van der Waals surface area contributed by atoms with Crippen molar-refractivity contribution in [1.82, 2.24) is 29.8 Å². The van der Waals surface area contributed by atoms with E-state index < -0.39 is 0 Å². The average molecular weight is 440 g/mol. The Balaban J connectivity index is 1.26. The average Bonchev–Trinajstić information content (AvgIpc) is 3.43. The van der Waals surface area contributed by atoms with Gasteiger partial charge < -0.3 is 24.2 Å². The number of imidazole rings is 1. The Hall–Kier alpha value is -3.69. The van der Waals surface area contributed by atoms with Crippen molar-refractivity contribution in [2.75, 3.05) is 26.2 Å². The minimum absolute atomic E-state index is 0.00656. The van der Waals surface area contributed by atoms with Gasteiger partial charge in [-0.25, -0.2) is 14.2 Å². The first kappa shape index (κ1) is 21.5. The maximum atomic E-state index is 14.4. The second kappa shape index (κ2) is 9.21. The molecule has 3 amide bonds. The van der Waals surface area contributed by atoms with Gasteiger partial charge in [-0.05, 0) is 31.5 Å². The number of amides is 3. The number of aryl methyl sites for hydroxylation is 2. The van der Waals surface area contributed by atoms with Crippen LogP contribution in [0.5, 0.6) is 0 Å². The molecule has 2 aromatic heterocycles. The van der Waals surface area contributed by atoms with Gasteiger partial charge in [-0.2, -0.15) is 0 Å². The van der Waals surface area contributed by atoms with Gasteiger partial charge in [-0.1, -0.05) is 11.2 Å². The summed E-state index contributed by atoms with van der Waals surface area (Å²) in [5.41, 5.74) is 2.60. The van der Waals surface area contributed by atoms with Crippen LogP contribution in [0.25, 0.3) is 5.69 Å². The largest absolute Gasteiger partial charge is 0.361 e. The maximum absolute atomic E-state index is 14.4. The lowest BCUT2D eigenvalue weighted by atomic mass is 10.1. The number of hydrogen-bond donors (Lipinski definition) is 1. The quantitative estimate of drug-likeness (QED) is 0.656. The summed E-state index contributed by atoms with van der Waals surface area (Å²) in [6.45, 7) is 5.62. The van der Waals surface area contributed by atoms with E-state index in [1.54, 1.807) is 45.8 Å². The Labute approximate surface area is 184 Å². The number of carbonyl (C=O) groups excluding carboxylic acids is 2. The number of urea groups is 1. The van der Waals surface area contributed by atoms with Crippen molar-refractivity contribution in [3.8, 4) is 5.69 Å².